The molecule has 220 valence electrons. The Labute approximate surface area is 248 Å². The van der Waals surface area contributed by atoms with Gasteiger partial charge in [-0.2, -0.15) is 13.2 Å². The van der Waals surface area contributed by atoms with E-state index in [0.717, 1.165) is 16.8 Å². The lowest BCUT2D eigenvalue weighted by Gasteiger charge is -2.14. The molecule has 6 rings (SSSR count). The predicted octanol–water partition coefficient (Wildman–Crippen LogP) is 8.57. The molecule has 5 aromatic carbocycles. The van der Waals surface area contributed by atoms with Gasteiger partial charge in [0.05, 0.1) is 5.39 Å². The molecule has 0 saturated heterocycles. The number of amides is 1. The average Bonchev–Trinajstić information content (AvgIpc) is 3.02. The Bertz CT molecular complexity index is 2020. The summed E-state index contributed by atoms with van der Waals surface area (Å²) in [4.78, 5) is 25.6. The number of nitrogens with one attached hydrogen (secondary N) is 1. The molecule has 0 radical (unpaired) electrons. The maximum atomic E-state index is 14.0. The largest absolute Gasteiger partial charge is 0.484 e. The fourth-order valence-corrected chi connectivity index (χ4v) is 4.45. The van der Waals surface area contributed by atoms with Crippen LogP contribution >= 0.6 is 0 Å². The Morgan fingerprint density at radius 2 is 1.36 bits per heavy atom. The first-order valence-electron chi connectivity index (χ1n) is 13.3. The van der Waals surface area contributed by atoms with Gasteiger partial charge in [-0.1, -0.05) is 48.5 Å². The third-order valence-corrected chi connectivity index (χ3v) is 6.51. The predicted molar refractivity (Wildman–Crippen MR) is 159 cm³/mol. The number of ether oxygens (including phenoxy) is 3. The summed E-state index contributed by atoms with van der Waals surface area (Å²) in [5.74, 6) is -1.76. The fraction of sp³-hybridized carbons (Fsp3) is 0.0588. The highest BCUT2D eigenvalue weighted by atomic mass is 19.4. The Morgan fingerprint density at radius 3 is 2.11 bits per heavy atom. The van der Waals surface area contributed by atoms with E-state index in [0.29, 0.717) is 17.2 Å². The van der Waals surface area contributed by atoms with Crippen LogP contribution in [0.4, 0.5) is 18.9 Å². The van der Waals surface area contributed by atoms with Crippen molar-refractivity contribution in [3.8, 4) is 28.7 Å². The smallest absolute Gasteiger partial charge is 0.453 e. The molecule has 6 aromatic rings. The van der Waals surface area contributed by atoms with Crippen LogP contribution in [0.1, 0.15) is 5.76 Å². The third-order valence-electron chi connectivity index (χ3n) is 6.51. The molecule has 0 fully saturated rings. The van der Waals surface area contributed by atoms with Crippen LogP contribution in [0, 0.1) is 0 Å². The lowest BCUT2D eigenvalue weighted by atomic mass is 10.1. The van der Waals surface area contributed by atoms with Gasteiger partial charge in [-0.25, -0.2) is 0 Å². The molecule has 0 spiro atoms. The monoisotopic (exact) mass is 597 g/mol. The van der Waals surface area contributed by atoms with Gasteiger partial charge in [-0.05, 0) is 71.4 Å². The summed E-state index contributed by atoms with van der Waals surface area (Å²) in [6, 6.07) is 31.5. The number of alkyl halides is 3. The molecule has 0 unspecified atom stereocenters. The van der Waals surface area contributed by atoms with Crippen LogP contribution in [-0.4, -0.2) is 12.5 Å². The normalized spacial score (nSPS) is 11.3. The van der Waals surface area contributed by atoms with E-state index in [9.17, 15) is 22.8 Å². The van der Waals surface area contributed by atoms with Crippen LogP contribution < -0.4 is 25.0 Å². The number of halogens is 3. The van der Waals surface area contributed by atoms with Gasteiger partial charge in [0.2, 0.25) is 11.2 Å². The SMILES string of the molecule is O=C(COc1ccc2c(=O)c(Oc3ccc4ccccc4c3)c(C(F)(F)F)oc2c1)Nc1ccc(Oc2ccccc2)cc1. The molecule has 0 aliphatic heterocycles. The molecule has 1 N–H and O–H groups in total. The zero-order chi connectivity index (χ0) is 30.7. The van der Waals surface area contributed by atoms with E-state index >= 15 is 0 Å². The number of hydrogen-bond acceptors (Lipinski definition) is 6. The highest BCUT2D eigenvalue weighted by Gasteiger charge is 2.40. The first-order valence-corrected chi connectivity index (χ1v) is 13.3. The zero-order valence-electron chi connectivity index (χ0n) is 22.8. The topological polar surface area (TPSA) is 87.0 Å². The number of anilines is 1. The molecule has 7 nitrogen and oxygen atoms in total. The van der Waals surface area contributed by atoms with Crippen molar-refractivity contribution in [1.82, 2.24) is 0 Å². The van der Waals surface area contributed by atoms with E-state index in [1.54, 1.807) is 42.5 Å². The van der Waals surface area contributed by atoms with E-state index < -0.39 is 35.6 Å². The van der Waals surface area contributed by atoms with Crippen molar-refractivity contribution in [2.24, 2.45) is 0 Å². The van der Waals surface area contributed by atoms with Crippen LogP contribution in [0.5, 0.6) is 28.7 Å². The molecule has 10 heteroatoms. The van der Waals surface area contributed by atoms with Crippen LogP contribution in [0.2, 0.25) is 0 Å². The van der Waals surface area contributed by atoms with Crippen LogP contribution in [0.25, 0.3) is 21.7 Å². The first kappa shape index (κ1) is 28.4. The number of carbonyl (C=O) groups excluding carboxylic acids is 1. The summed E-state index contributed by atoms with van der Waals surface area (Å²) < 4.78 is 63.8. The number of hydrogen-bond donors (Lipinski definition) is 1. The molecular formula is C34H22F3NO6. The van der Waals surface area contributed by atoms with E-state index in [2.05, 4.69) is 5.32 Å². The summed E-state index contributed by atoms with van der Waals surface area (Å²) >= 11 is 0. The van der Waals surface area contributed by atoms with Crippen molar-refractivity contribution in [2.45, 2.75) is 6.18 Å². The van der Waals surface area contributed by atoms with Gasteiger partial charge in [0.15, 0.2) is 6.61 Å². The minimum absolute atomic E-state index is 0.0266. The maximum Gasteiger partial charge on any atom is 0.453 e. The van der Waals surface area contributed by atoms with Crippen LogP contribution in [0.15, 0.2) is 124 Å². The molecule has 1 heterocycles. The van der Waals surface area contributed by atoms with Crippen LogP contribution in [0.3, 0.4) is 0 Å². The van der Waals surface area contributed by atoms with Gasteiger partial charge in [-0.3, -0.25) is 9.59 Å². The quantitative estimate of drug-likeness (QED) is 0.189. The second kappa shape index (κ2) is 11.8. The second-order valence-corrected chi connectivity index (χ2v) is 9.63. The molecule has 44 heavy (non-hydrogen) atoms. The Kier molecular flexibility index (Phi) is 7.63. The van der Waals surface area contributed by atoms with Crippen molar-refractivity contribution >= 4 is 33.3 Å². The molecule has 1 amide bonds. The van der Waals surface area contributed by atoms with Gasteiger partial charge < -0.3 is 23.9 Å². The molecule has 0 atom stereocenters. The van der Waals surface area contributed by atoms with E-state index in [1.165, 1.54) is 24.3 Å². The van der Waals surface area contributed by atoms with Crippen molar-refractivity contribution < 1.29 is 36.6 Å². The standard InChI is InChI=1S/C34H22F3NO6/c35-34(36,37)33-32(43-27-13-10-21-6-4-5-7-22(21)18-27)31(40)28-17-16-26(19-29(28)44-33)41-20-30(39)38-23-11-14-25(15-12-23)42-24-8-2-1-3-9-24/h1-19H,20H2,(H,38,39). The van der Waals surface area contributed by atoms with Crippen molar-refractivity contribution in [3.63, 3.8) is 0 Å². The van der Waals surface area contributed by atoms with Crippen molar-refractivity contribution in [1.29, 1.82) is 0 Å². The minimum atomic E-state index is -5.03. The minimum Gasteiger partial charge on any atom is -0.484 e. The molecule has 0 aliphatic carbocycles. The highest BCUT2D eigenvalue weighted by Crippen LogP contribution is 2.39. The molecular weight excluding hydrogens is 575 g/mol. The summed E-state index contributed by atoms with van der Waals surface area (Å²) in [7, 11) is 0. The van der Waals surface area contributed by atoms with Gasteiger partial charge in [0.25, 0.3) is 11.7 Å². The maximum absolute atomic E-state index is 14.0. The lowest BCUT2D eigenvalue weighted by Crippen LogP contribution is -2.20. The van der Waals surface area contributed by atoms with Crippen molar-refractivity contribution in [3.05, 3.63) is 131 Å². The van der Waals surface area contributed by atoms with E-state index in [1.807, 2.05) is 42.5 Å². The molecule has 0 saturated carbocycles. The highest BCUT2D eigenvalue weighted by molar-refractivity contribution is 5.92. The Morgan fingerprint density at radius 1 is 0.705 bits per heavy atom. The van der Waals surface area contributed by atoms with E-state index in [4.69, 9.17) is 18.6 Å². The molecule has 0 aliphatic rings. The Balaban J connectivity index is 1.17. The zero-order valence-corrected chi connectivity index (χ0v) is 22.8. The second-order valence-electron chi connectivity index (χ2n) is 9.63. The molecule has 0 bridgehead atoms. The van der Waals surface area contributed by atoms with Gasteiger partial charge in [0, 0.05) is 11.8 Å². The number of para-hydroxylation sites is 1. The lowest BCUT2D eigenvalue weighted by molar-refractivity contribution is -0.154. The Hall–Kier alpha value is -5.77. The van der Waals surface area contributed by atoms with Crippen molar-refractivity contribution in [2.75, 3.05) is 11.9 Å². The molecule has 1 aromatic heterocycles. The first-order chi connectivity index (χ1) is 21.2. The third kappa shape index (κ3) is 6.34. The van der Waals surface area contributed by atoms with Crippen LogP contribution in [-0.2, 0) is 11.0 Å². The fourth-order valence-electron chi connectivity index (χ4n) is 4.45. The summed E-state index contributed by atoms with van der Waals surface area (Å²) in [5.41, 5.74) is -0.895. The summed E-state index contributed by atoms with van der Waals surface area (Å²) in [6.45, 7) is -0.451. The van der Waals surface area contributed by atoms with Gasteiger partial charge in [-0.15, -0.1) is 0 Å². The van der Waals surface area contributed by atoms with Gasteiger partial charge >= 0.3 is 6.18 Å². The number of fused-ring (bicyclic) bond motifs is 2. The summed E-state index contributed by atoms with van der Waals surface area (Å²) in [6.07, 6.45) is -5.03. The number of benzene rings is 5. The van der Waals surface area contributed by atoms with Gasteiger partial charge in [0.1, 0.15) is 28.6 Å². The number of carbonyl (C=O) groups is 1. The summed E-state index contributed by atoms with van der Waals surface area (Å²) in [5, 5.41) is 4.09. The average molecular weight is 598 g/mol. The number of rotatable bonds is 8. The van der Waals surface area contributed by atoms with E-state index in [-0.39, 0.29) is 22.5 Å².